The van der Waals surface area contributed by atoms with Gasteiger partial charge in [0.15, 0.2) is 0 Å². The van der Waals surface area contributed by atoms with Gasteiger partial charge in [0.05, 0.1) is 22.3 Å². The van der Waals surface area contributed by atoms with E-state index in [4.69, 9.17) is 0 Å². The quantitative estimate of drug-likeness (QED) is 0.167. The van der Waals surface area contributed by atoms with Crippen LogP contribution in [-0.4, -0.2) is 21.4 Å². The van der Waals surface area contributed by atoms with Crippen molar-refractivity contribution in [3.8, 4) is 47.4 Å². The highest BCUT2D eigenvalue weighted by atomic mass is 16.3. The molecule has 0 radical (unpaired) electrons. The summed E-state index contributed by atoms with van der Waals surface area (Å²) in [7, 11) is 0. The van der Waals surface area contributed by atoms with Crippen LogP contribution < -0.4 is 0 Å². The van der Waals surface area contributed by atoms with Crippen LogP contribution >= 0.6 is 0 Å². The van der Waals surface area contributed by atoms with Crippen LogP contribution in [0.5, 0.6) is 0 Å². The Hall–Kier alpha value is -3.32. The fourth-order valence-electron chi connectivity index (χ4n) is 3.60. The van der Waals surface area contributed by atoms with E-state index < -0.39 is 11.2 Å². The van der Waals surface area contributed by atoms with Crippen LogP contribution in [0.25, 0.3) is 0 Å². The first kappa shape index (κ1) is 40.7. The smallest absolute Gasteiger partial charge is 0.120 e. The van der Waals surface area contributed by atoms with Crippen LogP contribution in [0.2, 0.25) is 0 Å². The van der Waals surface area contributed by atoms with E-state index in [1.807, 2.05) is 12.2 Å². The first-order valence-electron chi connectivity index (χ1n) is 15.5. The molecule has 2 nitrogen and oxygen atoms in total. The molecule has 0 heterocycles. The van der Waals surface area contributed by atoms with Crippen LogP contribution in [0.3, 0.4) is 0 Å². The fraction of sp³-hybridized carbons (Fsp3) is 0.571. The fourth-order valence-corrected chi connectivity index (χ4v) is 3.60. The molecule has 0 rings (SSSR count). The Bertz CT molecular complexity index is 1320. The third-order valence-electron chi connectivity index (χ3n) is 6.72. The van der Waals surface area contributed by atoms with E-state index in [-0.39, 0.29) is 21.7 Å². The summed E-state index contributed by atoms with van der Waals surface area (Å²) in [4.78, 5) is 0. The van der Waals surface area contributed by atoms with Gasteiger partial charge in [0.1, 0.15) is 11.2 Å². The molecule has 0 amide bonds. The highest BCUT2D eigenvalue weighted by Gasteiger charge is 2.25. The molecule has 0 aliphatic carbocycles. The number of aliphatic hydroxyl groups is 2. The summed E-state index contributed by atoms with van der Waals surface area (Å²) in [6.45, 7) is 35.6. The van der Waals surface area contributed by atoms with E-state index >= 15 is 0 Å². The van der Waals surface area contributed by atoms with Gasteiger partial charge < -0.3 is 10.2 Å². The summed E-state index contributed by atoms with van der Waals surface area (Å²) in [5.41, 5.74) is 6.81. The summed E-state index contributed by atoms with van der Waals surface area (Å²) in [6.07, 6.45) is 7.18. The molecular formula is C42H58O2. The van der Waals surface area contributed by atoms with Crippen molar-refractivity contribution in [1.82, 2.24) is 0 Å². The Morgan fingerprint density at radius 2 is 0.795 bits per heavy atom. The van der Waals surface area contributed by atoms with Crippen molar-refractivity contribution < 1.29 is 10.2 Å². The van der Waals surface area contributed by atoms with Gasteiger partial charge in [-0.15, -0.1) is 13.2 Å². The largest absolute Gasteiger partial charge is 0.378 e. The first-order valence-corrected chi connectivity index (χ1v) is 15.5. The average Bonchev–Trinajstić information content (AvgIpc) is 2.83. The lowest BCUT2D eigenvalue weighted by Crippen LogP contribution is -2.17. The predicted octanol–water partition coefficient (Wildman–Crippen LogP) is 9.52. The summed E-state index contributed by atoms with van der Waals surface area (Å²) in [5, 5.41) is 20.5. The minimum absolute atomic E-state index is 0.297. The van der Waals surface area contributed by atoms with Crippen molar-refractivity contribution in [1.29, 1.82) is 0 Å². The molecule has 0 bridgehead atoms. The molecule has 2 heteroatoms. The number of rotatable bonds is 8. The molecule has 0 atom stereocenters. The Morgan fingerprint density at radius 3 is 1.02 bits per heavy atom. The number of allylic oxidation sites excluding steroid dienone is 4. The topological polar surface area (TPSA) is 40.5 Å². The molecule has 0 aliphatic rings. The Labute approximate surface area is 271 Å². The van der Waals surface area contributed by atoms with Crippen molar-refractivity contribution in [3.05, 3.63) is 59.1 Å². The standard InChI is InChI=1S/C42H58O2/c1-17-19-27-39(9,10)35(31-33(37(3,4)5)25-29-41(13,14)43)23-21-22-24-36(40(11,12)28-20-18-2)32-34(38(6,7)8)26-30-42(15,16)44/h17-18,43-44H,1-2,19-20,27-28H2,3-16H3. The van der Waals surface area contributed by atoms with Crippen LogP contribution in [0.15, 0.2) is 59.1 Å². The van der Waals surface area contributed by atoms with Crippen molar-refractivity contribution in [3.63, 3.8) is 0 Å². The summed E-state index contributed by atoms with van der Waals surface area (Å²) >= 11 is 0. The SMILES string of the molecule is C=CCCC(C)(C)C(=C=C(C#CC(C)(C)O)C(C)(C)C)C#CC#CC(=C=C(C#CC(C)(C)O)C(C)(C)C)C(C)(C)CCC=C. The van der Waals surface area contributed by atoms with Crippen LogP contribution in [0.1, 0.15) is 123 Å². The highest BCUT2D eigenvalue weighted by molar-refractivity contribution is 5.48. The van der Waals surface area contributed by atoms with Crippen LogP contribution in [0, 0.1) is 69.0 Å². The number of hydrogen-bond acceptors (Lipinski definition) is 2. The van der Waals surface area contributed by atoms with Crippen molar-refractivity contribution >= 4 is 0 Å². The second-order valence-corrected chi connectivity index (χ2v) is 15.8. The molecule has 0 saturated carbocycles. The zero-order valence-electron chi connectivity index (χ0n) is 30.3. The lowest BCUT2D eigenvalue weighted by atomic mass is 9.78. The van der Waals surface area contributed by atoms with Crippen molar-refractivity contribution in [2.75, 3.05) is 0 Å². The first-order chi connectivity index (χ1) is 19.7. The molecule has 0 aromatic heterocycles. The second-order valence-electron chi connectivity index (χ2n) is 15.8. The normalized spacial score (nSPS) is 11.7. The maximum absolute atomic E-state index is 10.3. The van der Waals surface area contributed by atoms with Gasteiger partial charge in [-0.05, 0) is 77.1 Å². The lowest BCUT2D eigenvalue weighted by molar-refractivity contribution is 0.143. The lowest BCUT2D eigenvalue weighted by Gasteiger charge is -2.24. The molecule has 0 unspecified atom stereocenters. The molecule has 0 aromatic rings. The van der Waals surface area contributed by atoms with Crippen molar-refractivity contribution in [2.24, 2.45) is 21.7 Å². The molecule has 0 spiro atoms. The Kier molecular flexibility index (Phi) is 14.9. The van der Waals surface area contributed by atoms with Gasteiger partial charge in [0, 0.05) is 21.7 Å². The Morgan fingerprint density at radius 1 is 0.500 bits per heavy atom. The summed E-state index contributed by atoms with van der Waals surface area (Å²) < 4.78 is 0. The van der Waals surface area contributed by atoms with E-state index in [0.717, 1.165) is 48.0 Å². The van der Waals surface area contributed by atoms with Gasteiger partial charge in [-0.25, -0.2) is 0 Å². The van der Waals surface area contributed by atoms with Crippen LogP contribution in [-0.2, 0) is 0 Å². The van der Waals surface area contributed by atoms with Gasteiger partial charge in [-0.1, -0.05) is 117 Å². The van der Waals surface area contributed by atoms with Crippen LogP contribution in [0.4, 0.5) is 0 Å². The van der Waals surface area contributed by atoms with E-state index in [1.54, 1.807) is 27.7 Å². The molecule has 0 aliphatic heterocycles. The molecule has 0 saturated heterocycles. The molecule has 2 N–H and O–H groups in total. The Balaban J connectivity index is 7.76. The molecule has 44 heavy (non-hydrogen) atoms. The zero-order chi connectivity index (χ0) is 34.6. The van der Waals surface area contributed by atoms with Gasteiger partial charge in [-0.3, -0.25) is 0 Å². The minimum atomic E-state index is -1.12. The monoisotopic (exact) mass is 594 g/mol. The van der Waals surface area contributed by atoms with Crippen molar-refractivity contribution in [2.45, 2.75) is 134 Å². The highest BCUT2D eigenvalue weighted by Crippen LogP contribution is 2.34. The third kappa shape index (κ3) is 16.5. The van der Waals surface area contributed by atoms with Gasteiger partial charge in [0.25, 0.3) is 0 Å². The number of hydrogen-bond donors (Lipinski definition) is 2. The summed E-state index contributed by atoms with van der Waals surface area (Å²) in [6, 6.07) is 0. The predicted molar refractivity (Wildman–Crippen MR) is 190 cm³/mol. The maximum atomic E-state index is 10.3. The van der Waals surface area contributed by atoms with Gasteiger partial charge in [0.2, 0.25) is 0 Å². The maximum Gasteiger partial charge on any atom is 0.120 e. The molecule has 238 valence electrons. The van der Waals surface area contributed by atoms with Gasteiger partial charge >= 0.3 is 0 Å². The van der Waals surface area contributed by atoms with E-state index in [2.05, 4.69) is 141 Å². The average molecular weight is 595 g/mol. The third-order valence-corrected chi connectivity index (χ3v) is 6.72. The second kappa shape index (κ2) is 16.1. The minimum Gasteiger partial charge on any atom is -0.378 e. The molecular weight excluding hydrogens is 536 g/mol. The van der Waals surface area contributed by atoms with E-state index in [0.29, 0.717) is 0 Å². The summed E-state index contributed by atoms with van der Waals surface area (Å²) in [5.74, 6) is 25.1. The van der Waals surface area contributed by atoms with E-state index in [1.165, 1.54) is 0 Å². The molecule has 0 aromatic carbocycles. The van der Waals surface area contributed by atoms with E-state index in [9.17, 15) is 10.2 Å². The van der Waals surface area contributed by atoms with Gasteiger partial charge in [-0.2, -0.15) is 0 Å². The molecule has 0 fully saturated rings. The zero-order valence-corrected chi connectivity index (χ0v) is 30.3.